The molecule has 2 heterocycles. The summed E-state index contributed by atoms with van der Waals surface area (Å²) in [5.74, 6) is 0. The van der Waals surface area contributed by atoms with Crippen LogP contribution in [0.15, 0.2) is 54.6 Å². The van der Waals surface area contributed by atoms with Gasteiger partial charge < -0.3 is 9.80 Å². The summed E-state index contributed by atoms with van der Waals surface area (Å²) in [6, 6.07) is 19.3. The summed E-state index contributed by atoms with van der Waals surface area (Å²) >= 11 is 0. The van der Waals surface area contributed by atoms with Gasteiger partial charge in [0.15, 0.2) is 0 Å². The second-order valence-corrected chi connectivity index (χ2v) is 8.17. The van der Waals surface area contributed by atoms with Crippen LogP contribution in [0.3, 0.4) is 0 Å². The van der Waals surface area contributed by atoms with Crippen LogP contribution < -0.4 is 0 Å². The number of nitrogens with zero attached hydrogens (tertiary/aromatic N) is 2. The number of likely N-dealkylation sites (tertiary alicyclic amines) is 2. The zero-order chi connectivity index (χ0) is 18.8. The van der Waals surface area contributed by atoms with E-state index in [1.54, 1.807) is 0 Å². The van der Waals surface area contributed by atoms with Gasteiger partial charge in [-0.1, -0.05) is 6.07 Å². The molecule has 0 aromatic heterocycles. The third-order valence-electron chi connectivity index (χ3n) is 6.43. The van der Waals surface area contributed by atoms with E-state index in [4.69, 9.17) is 0 Å². The molecule has 2 atom stereocenters. The molecule has 0 saturated carbocycles. The fraction of sp³-hybridized carbons (Fsp3) is 0.385. The molecule has 0 radical (unpaired) electrons. The molecule has 2 saturated heterocycles. The summed E-state index contributed by atoms with van der Waals surface area (Å²) in [6.07, 6.45) is 15.5. The van der Waals surface area contributed by atoms with Gasteiger partial charge in [0.1, 0.15) is 0 Å². The summed E-state index contributed by atoms with van der Waals surface area (Å²) in [5.41, 5.74) is 5.44. The average molecular weight is 424 g/mol. The maximum absolute atomic E-state index is 3.36. The molecule has 2 unspecified atom stereocenters. The molecule has 2 aromatic rings. The molecule has 2 fully saturated rings. The van der Waals surface area contributed by atoms with Gasteiger partial charge in [-0.05, 0) is 57.9 Å². The van der Waals surface area contributed by atoms with Crippen LogP contribution in [0.4, 0.5) is 0 Å². The van der Waals surface area contributed by atoms with E-state index in [9.17, 15) is 0 Å². The van der Waals surface area contributed by atoms with E-state index in [0.29, 0.717) is 12.1 Å². The molecule has 0 spiro atoms. The molecule has 2 nitrogen and oxygen atoms in total. The van der Waals surface area contributed by atoms with Crippen LogP contribution in [-0.2, 0) is 17.1 Å². The molecule has 2 aliphatic heterocycles. The topological polar surface area (TPSA) is 6.48 Å². The Balaban J connectivity index is 0.000000137. The molecule has 29 heavy (non-hydrogen) atoms. The van der Waals surface area contributed by atoms with Crippen molar-refractivity contribution in [3.8, 4) is 0 Å². The third kappa shape index (κ3) is 4.29. The monoisotopic (exact) mass is 424 g/mol. The number of benzene rings is 2. The summed E-state index contributed by atoms with van der Waals surface area (Å²) < 4.78 is 0. The minimum absolute atomic E-state index is 0. The molecule has 0 N–H and O–H groups in total. The molecular formula is C26H28FeN2. The maximum atomic E-state index is 3.36. The van der Waals surface area contributed by atoms with Crippen molar-refractivity contribution >= 4 is 6.08 Å². The molecular weight excluding hydrogens is 396 g/mol. The van der Waals surface area contributed by atoms with E-state index in [0.717, 1.165) is 0 Å². The number of hydrogen-bond acceptors (Lipinski definition) is 2. The smallest absolute Gasteiger partial charge is 0.305 e. The Morgan fingerprint density at radius 1 is 0.759 bits per heavy atom. The summed E-state index contributed by atoms with van der Waals surface area (Å²) in [6.45, 7) is 5.00. The molecule has 2 aliphatic carbocycles. The van der Waals surface area contributed by atoms with Crippen LogP contribution in [0, 0.1) is 12.1 Å². The molecule has 6 rings (SSSR count). The Morgan fingerprint density at radius 2 is 1.41 bits per heavy atom. The minimum atomic E-state index is 0. The number of hydrogen-bond donors (Lipinski definition) is 0. The summed E-state index contributed by atoms with van der Waals surface area (Å²) in [4.78, 5) is 5.12. The van der Waals surface area contributed by atoms with Crippen LogP contribution in [0.5, 0.6) is 0 Å². The molecule has 0 bridgehead atoms. The van der Waals surface area contributed by atoms with Gasteiger partial charge in [0.25, 0.3) is 0 Å². The Bertz CT molecular complexity index is 802. The summed E-state index contributed by atoms with van der Waals surface area (Å²) in [7, 11) is 0. The van der Waals surface area contributed by atoms with E-state index >= 15 is 0 Å². The zero-order valence-corrected chi connectivity index (χ0v) is 17.9. The SMILES string of the molecule is [C-]1=CC(N2CCCC2)c2ccccc21.[Fe+2].[c-]1cccc2c1C=CC2N1CCCC1. The van der Waals surface area contributed by atoms with Crippen molar-refractivity contribution in [2.45, 2.75) is 37.8 Å². The quantitative estimate of drug-likeness (QED) is 0.484. The maximum Gasteiger partial charge on any atom is 2.00 e. The van der Waals surface area contributed by atoms with E-state index in [-0.39, 0.29) is 17.1 Å². The van der Waals surface area contributed by atoms with Gasteiger partial charge in [0, 0.05) is 6.04 Å². The first-order valence-corrected chi connectivity index (χ1v) is 10.8. The second-order valence-electron chi connectivity index (χ2n) is 8.17. The van der Waals surface area contributed by atoms with Gasteiger partial charge in [-0.25, -0.2) is 0 Å². The Kier molecular flexibility index (Phi) is 6.72. The van der Waals surface area contributed by atoms with Crippen LogP contribution in [0.1, 0.15) is 60.0 Å². The van der Waals surface area contributed by atoms with Crippen molar-refractivity contribution in [1.82, 2.24) is 9.80 Å². The number of fused-ring (bicyclic) bond motifs is 2. The van der Waals surface area contributed by atoms with Crippen molar-refractivity contribution in [3.63, 3.8) is 0 Å². The predicted octanol–water partition coefficient (Wildman–Crippen LogP) is 5.19. The van der Waals surface area contributed by atoms with Gasteiger partial charge in [-0.15, -0.1) is 71.3 Å². The van der Waals surface area contributed by atoms with Gasteiger partial charge in [0.2, 0.25) is 0 Å². The van der Waals surface area contributed by atoms with Crippen LogP contribution in [-0.4, -0.2) is 36.0 Å². The Hall–Kier alpha value is -1.64. The molecule has 0 amide bonds. The first-order chi connectivity index (χ1) is 13.9. The number of rotatable bonds is 2. The Morgan fingerprint density at radius 3 is 2.17 bits per heavy atom. The van der Waals surface area contributed by atoms with Gasteiger partial charge in [-0.3, -0.25) is 0 Å². The van der Waals surface area contributed by atoms with Crippen molar-refractivity contribution in [2.24, 2.45) is 0 Å². The fourth-order valence-corrected chi connectivity index (χ4v) is 4.96. The first kappa shape index (κ1) is 20.6. The Labute approximate surface area is 185 Å². The third-order valence-corrected chi connectivity index (χ3v) is 6.43. The largest absolute Gasteiger partial charge is 2.00 e. The second kappa shape index (κ2) is 9.45. The molecule has 3 heteroatoms. The van der Waals surface area contributed by atoms with Crippen LogP contribution in [0.2, 0.25) is 0 Å². The van der Waals surface area contributed by atoms with Gasteiger partial charge in [0.05, 0.1) is 0 Å². The van der Waals surface area contributed by atoms with E-state index in [2.05, 4.69) is 76.6 Å². The van der Waals surface area contributed by atoms with Crippen molar-refractivity contribution in [1.29, 1.82) is 0 Å². The van der Waals surface area contributed by atoms with E-state index < -0.39 is 0 Å². The van der Waals surface area contributed by atoms with Crippen molar-refractivity contribution in [2.75, 3.05) is 26.2 Å². The standard InChI is InChI=1S/2C13H14N.Fe/c2*1-2-6-12-11(5-1)7-8-13(12)14-9-3-4-10-14;/h1-2,6-8,13H,3-4,9-10H2;1-2,5-6,8,13H,3-4,9-10H2;/q2*-1;+2. The molecule has 4 aliphatic rings. The summed E-state index contributed by atoms with van der Waals surface area (Å²) in [5, 5.41) is 0. The fourth-order valence-electron chi connectivity index (χ4n) is 4.96. The van der Waals surface area contributed by atoms with Crippen LogP contribution >= 0.6 is 0 Å². The van der Waals surface area contributed by atoms with Crippen molar-refractivity contribution < 1.29 is 17.1 Å². The minimum Gasteiger partial charge on any atom is -0.305 e. The van der Waals surface area contributed by atoms with Gasteiger partial charge in [-0.2, -0.15) is 17.7 Å². The van der Waals surface area contributed by atoms with E-state index in [1.807, 2.05) is 6.07 Å². The first-order valence-electron chi connectivity index (χ1n) is 10.8. The van der Waals surface area contributed by atoms with Crippen molar-refractivity contribution in [3.05, 3.63) is 89.0 Å². The predicted molar refractivity (Wildman–Crippen MR) is 115 cm³/mol. The molecule has 150 valence electrons. The zero-order valence-electron chi connectivity index (χ0n) is 16.8. The van der Waals surface area contributed by atoms with E-state index in [1.165, 1.54) is 74.1 Å². The molecule has 2 aromatic carbocycles. The normalized spacial score (nSPS) is 24.7. The van der Waals surface area contributed by atoms with Crippen LogP contribution in [0.25, 0.3) is 6.08 Å². The average Bonchev–Trinajstić information content (AvgIpc) is 3.54. The van der Waals surface area contributed by atoms with Gasteiger partial charge >= 0.3 is 17.1 Å².